The number of carboxylic acids is 1. The molecule has 3 aromatic rings. The summed E-state index contributed by atoms with van der Waals surface area (Å²) < 4.78 is 0. The number of carbonyl (C=O) groups excluding carboxylic acids is 1. The van der Waals surface area contributed by atoms with Crippen molar-refractivity contribution in [3.63, 3.8) is 0 Å². The second kappa shape index (κ2) is 8.10. The number of halogens is 1. The SMILES string of the molecule is O=C([O-])c1cc(-c2cncc(Cl)c2)cnc1-c1ccccn1.[K+]. The zero-order valence-corrected chi connectivity index (χ0v) is 16.1. The molecule has 0 fully saturated rings. The van der Waals surface area contributed by atoms with Gasteiger partial charge in [0.15, 0.2) is 0 Å². The average Bonchev–Trinajstić information content (AvgIpc) is 2.55. The Morgan fingerprint density at radius 3 is 2.48 bits per heavy atom. The van der Waals surface area contributed by atoms with E-state index in [2.05, 4.69) is 15.0 Å². The molecule has 7 heteroatoms. The van der Waals surface area contributed by atoms with Gasteiger partial charge in [-0.15, -0.1) is 0 Å². The molecule has 0 spiro atoms. The Morgan fingerprint density at radius 2 is 1.83 bits per heavy atom. The van der Waals surface area contributed by atoms with E-state index >= 15 is 0 Å². The molecule has 5 nitrogen and oxygen atoms in total. The fourth-order valence-corrected chi connectivity index (χ4v) is 2.23. The number of aromatic nitrogens is 3. The van der Waals surface area contributed by atoms with Gasteiger partial charge in [-0.25, -0.2) is 0 Å². The monoisotopic (exact) mass is 349 g/mol. The van der Waals surface area contributed by atoms with E-state index in [9.17, 15) is 9.90 Å². The summed E-state index contributed by atoms with van der Waals surface area (Å²) in [6, 6.07) is 8.37. The third-order valence-corrected chi connectivity index (χ3v) is 3.26. The Morgan fingerprint density at radius 1 is 1.04 bits per heavy atom. The van der Waals surface area contributed by atoms with Crippen molar-refractivity contribution in [1.29, 1.82) is 0 Å². The zero-order valence-electron chi connectivity index (χ0n) is 12.2. The molecular weight excluding hydrogens is 341 g/mol. The third-order valence-electron chi connectivity index (χ3n) is 3.05. The van der Waals surface area contributed by atoms with Gasteiger partial charge in [-0.3, -0.25) is 15.0 Å². The summed E-state index contributed by atoms with van der Waals surface area (Å²) in [6.07, 6.45) is 6.22. The summed E-state index contributed by atoms with van der Waals surface area (Å²) >= 11 is 5.90. The van der Waals surface area contributed by atoms with E-state index < -0.39 is 5.97 Å². The predicted octanol–water partition coefficient (Wildman–Crippen LogP) is -0.774. The van der Waals surface area contributed by atoms with Crippen molar-refractivity contribution < 1.29 is 61.3 Å². The minimum Gasteiger partial charge on any atom is -0.545 e. The minimum absolute atomic E-state index is 0. The van der Waals surface area contributed by atoms with Gasteiger partial charge in [-0.2, -0.15) is 0 Å². The predicted molar refractivity (Wildman–Crippen MR) is 80.0 cm³/mol. The summed E-state index contributed by atoms with van der Waals surface area (Å²) in [5.74, 6) is -1.31. The minimum atomic E-state index is -1.31. The fourth-order valence-electron chi connectivity index (χ4n) is 2.05. The summed E-state index contributed by atoms with van der Waals surface area (Å²) in [5.41, 5.74) is 1.97. The van der Waals surface area contributed by atoms with Crippen LogP contribution in [0.5, 0.6) is 0 Å². The van der Waals surface area contributed by atoms with Gasteiger partial charge in [0.25, 0.3) is 0 Å². The standard InChI is InChI=1S/C16H10ClN3O2.K/c17-12-5-10(7-18-9-12)11-6-13(16(21)22)15(20-8-11)14-3-1-2-4-19-14;/h1-9H,(H,21,22);/q;+1/p-1. The van der Waals surface area contributed by atoms with Crippen LogP contribution in [0.25, 0.3) is 22.5 Å². The molecule has 23 heavy (non-hydrogen) atoms. The Hall–Kier alpha value is -1.15. The van der Waals surface area contributed by atoms with Crippen LogP contribution in [0.3, 0.4) is 0 Å². The van der Waals surface area contributed by atoms with Crippen molar-refractivity contribution >= 4 is 17.6 Å². The zero-order chi connectivity index (χ0) is 15.5. The molecule has 0 bridgehead atoms. The molecular formula is C16H9ClKN3O2. The molecule has 0 aromatic carbocycles. The van der Waals surface area contributed by atoms with Crippen molar-refractivity contribution in [3.05, 3.63) is 65.7 Å². The summed E-state index contributed by atoms with van der Waals surface area (Å²) in [6.45, 7) is 0. The molecule has 108 valence electrons. The van der Waals surface area contributed by atoms with Crippen LogP contribution in [-0.4, -0.2) is 20.9 Å². The van der Waals surface area contributed by atoms with E-state index in [0.717, 1.165) is 0 Å². The van der Waals surface area contributed by atoms with Gasteiger partial charge in [0.05, 0.1) is 22.4 Å². The molecule has 0 aliphatic carbocycles. The molecule has 0 aliphatic rings. The van der Waals surface area contributed by atoms with Crippen molar-refractivity contribution in [3.8, 4) is 22.5 Å². The maximum absolute atomic E-state index is 11.4. The summed E-state index contributed by atoms with van der Waals surface area (Å²) in [5, 5.41) is 11.9. The first kappa shape index (κ1) is 18.2. The molecule has 3 rings (SSSR count). The number of hydrogen-bond donors (Lipinski definition) is 0. The van der Waals surface area contributed by atoms with Crippen LogP contribution in [-0.2, 0) is 0 Å². The van der Waals surface area contributed by atoms with Crippen LogP contribution in [0.4, 0.5) is 0 Å². The third kappa shape index (κ3) is 4.23. The van der Waals surface area contributed by atoms with E-state index in [0.29, 0.717) is 21.8 Å². The summed E-state index contributed by atoms with van der Waals surface area (Å²) in [7, 11) is 0. The van der Waals surface area contributed by atoms with Gasteiger partial charge in [0.1, 0.15) is 0 Å². The molecule has 0 atom stereocenters. The molecule has 0 N–H and O–H groups in total. The van der Waals surface area contributed by atoms with E-state index in [1.54, 1.807) is 42.9 Å². The van der Waals surface area contributed by atoms with Crippen molar-refractivity contribution in [2.24, 2.45) is 0 Å². The van der Waals surface area contributed by atoms with E-state index in [1.807, 2.05) is 0 Å². The van der Waals surface area contributed by atoms with Crippen molar-refractivity contribution in [1.82, 2.24) is 15.0 Å². The van der Waals surface area contributed by atoms with E-state index in [-0.39, 0.29) is 62.6 Å². The molecule has 3 heterocycles. The van der Waals surface area contributed by atoms with Gasteiger partial charge in [0, 0.05) is 41.5 Å². The number of carboxylic acid groups (broad SMARTS) is 1. The Bertz CT molecular complexity index is 844. The Labute approximate surface area is 180 Å². The number of aromatic carboxylic acids is 1. The number of carbonyl (C=O) groups is 1. The topological polar surface area (TPSA) is 78.8 Å². The first-order chi connectivity index (χ1) is 10.6. The number of pyridine rings is 3. The van der Waals surface area contributed by atoms with Gasteiger partial charge < -0.3 is 9.90 Å². The normalized spacial score (nSPS) is 9.96. The molecule has 0 amide bonds. The maximum atomic E-state index is 11.4. The van der Waals surface area contributed by atoms with Gasteiger partial charge in [-0.05, 0) is 24.3 Å². The molecule has 0 radical (unpaired) electrons. The molecule has 0 unspecified atom stereocenters. The largest absolute Gasteiger partial charge is 1.00 e. The average molecular weight is 350 g/mol. The van der Waals surface area contributed by atoms with Gasteiger partial charge in [0.2, 0.25) is 0 Å². The first-order valence-electron chi connectivity index (χ1n) is 6.39. The number of hydrogen-bond acceptors (Lipinski definition) is 5. The Kier molecular flexibility index (Phi) is 6.40. The van der Waals surface area contributed by atoms with Crippen LogP contribution in [0, 0.1) is 0 Å². The second-order valence-electron chi connectivity index (χ2n) is 4.51. The molecule has 3 aromatic heterocycles. The smallest absolute Gasteiger partial charge is 0.545 e. The summed E-state index contributed by atoms with van der Waals surface area (Å²) in [4.78, 5) is 23.7. The molecule has 0 saturated heterocycles. The van der Waals surface area contributed by atoms with Crippen molar-refractivity contribution in [2.45, 2.75) is 0 Å². The molecule has 0 saturated carbocycles. The Balaban J connectivity index is 0.00000192. The van der Waals surface area contributed by atoms with Crippen molar-refractivity contribution in [2.75, 3.05) is 0 Å². The quantitative estimate of drug-likeness (QED) is 0.580. The van der Waals surface area contributed by atoms with Crippen LogP contribution in [0.1, 0.15) is 10.4 Å². The second-order valence-corrected chi connectivity index (χ2v) is 4.95. The van der Waals surface area contributed by atoms with Crippen LogP contribution in [0.15, 0.2) is 55.1 Å². The fraction of sp³-hybridized carbons (Fsp3) is 0. The van der Waals surface area contributed by atoms with Crippen LogP contribution < -0.4 is 56.5 Å². The van der Waals surface area contributed by atoms with Crippen LogP contribution in [0.2, 0.25) is 5.02 Å². The van der Waals surface area contributed by atoms with Gasteiger partial charge in [-0.1, -0.05) is 17.7 Å². The first-order valence-corrected chi connectivity index (χ1v) is 6.76. The maximum Gasteiger partial charge on any atom is 1.00 e. The van der Waals surface area contributed by atoms with E-state index in [1.165, 1.54) is 12.3 Å². The van der Waals surface area contributed by atoms with E-state index in [4.69, 9.17) is 11.6 Å². The van der Waals surface area contributed by atoms with Crippen LogP contribution >= 0.6 is 11.6 Å². The number of nitrogens with zero attached hydrogens (tertiary/aromatic N) is 3. The van der Waals surface area contributed by atoms with Gasteiger partial charge >= 0.3 is 51.4 Å². The molecule has 0 aliphatic heterocycles. The number of rotatable bonds is 3.